The Balaban J connectivity index is 1.87. The first kappa shape index (κ1) is 38.2. The van der Waals surface area contributed by atoms with E-state index in [0.29, 0.717) is 6.04 Å². The summed E-state index contributed by atoms with van der Waals surface area (Å²) in [6.45, 7) is 17.8. The van der Waals surface area contributed by atoms with Gasteiger partial charge in [-0.05, 0) is 138 Å². The molecule has 258 valence electrons. The minimum absolute atomic E-state index is 0.261. The number of nitrogens with zero attached hydrogens (tertiary/aromatic N) is 2. The molecular formula is C40H56N6OS. The molecule has 4 N–H and O–H groups in total. The molecule has 1 amide bonds. The van der Waals surface area contributed by atoms with Crippen molar-refractivity contribution in [3.8, 4) is 0 Å². The highest BCUT2D eigenvalue weighted by Crippen LogP contribution is 2.32. The molecule has 0 fully saturated rings. The molecule has 0 saturated heterocycles. The molecule has 1 heterocycles. The lowest BCUT2D eigenvalue weighted by molar-refractivity contribution is -0.115. The van der Waals surface area contributed by atoms with Crippen LogP contribution in [-0.4, -0.2) is 49.4 Å². The number of benzene rings is 1. The Kier molecular flexibility index (Phi) is 15.5. The molecule has 0 bridgehead atoms. The van der Waals surface area contributed by atoms with Crippen LogP contribution in [0.5, 0.6) is 0 Å². The maximum atomic E-state index is 11.8. The third-order valence-corrected chi connectivity index (χ3v) is 9.90. The standard InChI is InChI=1S/C40H56N6OS/c1-10-40(47)42-23-21-35(20-19-31(5)46(9)24-22-29(3)41-7)44-30(4)25-34(28-45(8)11-2)37-16-14-17-38(32(37)6)43-27-36-26-33-15-12-13-18-39(33)48-36/h10-11,14,16-17,19-21,23,25-26,28-29,41,43-44H,1-2,12-13,15,18,22,24,27H2,3-9H3,(H,42,47)/b23-21+,30-25+,31-19+,34-28+,35-20+. The molecule has 1 unspecified atom stereocenters. The summed E-state index contributed by atoms with van der Waals surface area (Å²) in [5.74, 6) is -0.261. The third-order valence-electron chi connectivity index (χ3n) is 8.66. The smallest absolute Gasteiger partial charge is 0.247 e. The number of hydrogen-bond donors (Lipinski definition) is 4. The van der Waals surface area contributed by atoms with Crippen LogP contribution in [0.25, 0.3) is 5.57 Å². The fraction of sp³-hybridized carbons (Fsp3) is 0.375. The summed E-state index contributed by atoms with van der Waals surface area (Å²) in [5, 5.41) is 13.3. The number of allylic oxidation sites excluding steroid dienone is 7. The minimum atomic E-state index is -0.261. The van der Waals surface area contributed by atoms with E-state index in [0.717, 1.165) is 53.4 Å². The molecule has 0 radical (unpaired) electrons. The SMILES string of the molecule is C=CC(=O)N/C=C/C(=C\C=C(/C)N(C)CCC(C)NC)N/C(C)=C/C(=C\N(C)C=C)c1cccc(NCc2cc3c(s2)CCCC3)c1C. The van der Waals surface area contributed by atoms with E-state index in [-0.39, 0.29) is 5.91 Å². The Morgan fingerprint density at radius 1 is 1.12 bits per heavy atom. The summed E-state index contributed by atoms with van der Waals surface area (Å²) < 4.78 is 0. The highest BCUT2D eigenvalue weighted by molar-refractivity contribution is 7.12. The van der Waals surface area contributed by atoms with Gasteiger partial charge in [-0.1, -0.05) is 25.3 Å². The van der Waals surface area contributed by atoms with Gasteiger partial charge in [-0.2, -0.15) is 0 Å². The lowest BCUT2D eigenvalue weighted by Gasteiger charge is -2.21. The molecule has 1 aliphatic carbocycles. The molecular weight excluding hydrogens is 613 g/mol. The molecule has 0 spiro atoms. The summed E-state index contributed by atoms with van der Waals surface area (Å²) in [6, 6.07) is 9.28. The zero-order valence-corrected chi connectivity index (χ0v) is 30.9. The summed E-state index contributed by atoms with van der Waals surface area (Å²) in [7, 11) is 6.08. The van der Waals surface area contributed by atoms with Crippen LogP contribution in [-0.2, 0) is 24.2 Å². The maximum Gasteiger partial charge on any atom is 0.247 e. The van der Waals surface area contributed by atoms with E-state index < -0.39 is 0 Å². The number of hydrogen-bond acceptors (Lipinski definition) is 7. The van der Waals surface area contributed by atoms with Crippen LogP contribution in [0.3, 0.4) is 0 Å². The fourth-order valence-corrected chi connectivity index (χ4v) is 6.57. The lowest BCUT2D eigenvalue weighted by Crippen LogP contribution is -2.27. The fourth-order valence-electron chi connectivity index (χ4n) is 5.37. The average molecular weight is 669 g/mol. The predicted molar refractivity (Wildman–Crippen MR) is 207 cm³/mol. The van der Waals surface area contributed by atoms with Gasteiger partial charge in [-0.3, -0.25) is 4.79 Å². The van der Waals surface area contributed by atoms with Crippen molar-refractivity contribution >= 4 is 28.5 Å². The molecule has 48 heavy (non-hydrogen) atoms. The number of rotatable bonds is 18. The van der Waals surface area contributed by atoms with Gasteiger partial charge in [0.05, 0.1) is 0 Å². The second kappa shape index (κ2) is 19.5. The molecule has 1 aromatic heterocycles. The summed E-state index contributed by atoms with van der Waals surface area (Å²) >= 11 is 1.96. The van der Waals surface area contributed by atoms with Crippen LogP contribution in [0.1, 0.15) is 66.5 Å². The summed E-state index contributed by atoms with van der Waals surface area (Å²) in [4.78, 5) is 19.0. The Morgan fingerprint density at radius 2 is 1.90 bits per heavy atom. The lowest BCUT2D eigenvalue weighted by atomic mass is 9.98. The van der Waals surface area contributed by atoms with E-state index in [9.17, 15) is 4.79 Å². The summed E-state index contributed by atoms with van der Waals surface area (Å²) in [5.41, 5.74) is 8.93. The zero-order valence-electron chi connectivity index (χ0n) is 30.1. The van der Waals surface area contributed by atoms with Gasteiger partial charge in [0, 0.05) is 78.2 Å². The predicted octanol–water partition coefficient (Wildman–Crippen LogP) is 7.99. The van der Waals surface area contributed by atoms with Crippen LogP contribution in [0.4, 0.5) is 5.69 Å². The van der Waals surface area contributed by atoms with E-state index in [1.54, 1.807) is 22.8 Å². The second-order valence-electron chi connectivity index (χ2n) is 12.5. The van der Waals surface area contributed by atoms with E-state index in [4.69, 9.17) is 0 Å². The van der Waals surface area contributed by atoms with Gasteiger partial charge in [0.25, 0.3) is 0 Å². The normalized spacial score (nSPS) is 14.7. The first-order valence-electron chi connectivity index (χ1n) is 16.9. The number of thiophene rings is 1. The highest BCUT2D eigenvalue weighted by atomic mass is 32.1. The monoisotopic (exact) mass is 668 g/mol. The molecule has 0 aliphatic heterocycles. The van der Waals surface area contributed by atoms with Gasteiger partial charge in [-0.15, -0.1) is 11.3 Å². The molecule has 7 nitrogen and oxygen atoms in total. The summed E-state index contributed by atoms with van der Waals surface area (Å²) in [6.07, 6.45) is 21.0. The van der Waals surface area contributed by atoms with Crippen molar-refractivity contribution in [2.24, 2.45) is 0 Å². The molecule has 2 aromatic rings. The van der Waals surface area contributed by atoms with Crippen molar-refractivity contribution in [2.75, 3.05) is 33.0 Å². The maximum absolute atomic E-state index is 11.8. The highest BCUT2D eigenvalue weighted by Gasteiger charge is 2.14. The van der Waals surface area contributed by atoms with Crippen molar-refractivity contribution in [3.05, 3.63) is 130 Å². The number of fused-ring (bicyclic) bond motifs is 1. The Hall–Kier alpha value is -4.27. The van der Waals surface area contributed by atoms with Crippen LogP contribution in [0.15, 0.2) is 103 Å². The van der Waals surface area contributed by atoms with Gasteiger partial charge >= 0.3 is 0 Å². The van der Waals surface area contributed by atoms with Gasteiger partial charge in [0.15, 0.2) is 0 Å². The van der Waals surface area contributed by atoms with Gasteiger partial charge < -0.3 is 31.1 Å². The zero-order chi connectivity index (χ0) is 35.1. The van der Waals surface area contributed by atoms with Crippen LogP contribution in [0, 0.1) is 6.92 Å². The van der Waals surface area contributed by atoms with Crippen molar-refractivity contribution in [1.82, 2.24) is 25.8 Å². The van der Waals surface area contributed by atoms with E-state index in [1.165, 1.54) is 42.2 Å². The average Bonchev–Trinajstić information content (AvgIpc) is 3.51. The second-order valence-corrected chi connectivity index (χ2v) is 13.7. The number of nitrogens with one attached hydrogen (secondary N) is 4. The van der Waals surface area contributed by atoms with Crippen molar-refractivity contribution in [2.45, 2.75) is 72.4 Å². The molecule has 1 atom stereocenters. The number of aryl methyl sites for hydroxylation is 2. The molecule has 0 saturated carbocycles. The van der Waals surface area contributed by atoms with E-state index >= 15 is 0 Å². The van der Waals surface area contributed by atoms with Crippen LogP contribution >= 0.6 is 11.3 Å². The van der Waals surface area contributed by atoms with Crippen LogP contribution < -0.4 is 21.3 Å². The first-order chi connectivity index (χ1) is 23.0. The van der Waals surface area contributed by atoms with Crippen molar-refractivity contribution in [1.29, 1.82) is 0 Å². The van der Waals surface area contributed by atoms with Crippen LogP contribution in [0.2, 0.25) is 0 Å². The molecule has 3 rings (SSSR count). The Labute approximate surface area is 293 Å². The first-order valence-corrected chi connectivity index (χ1v) is 17.7. The number of anilines is 1. The van der Waals surface area contributed by atoms with Gasteiger partial charge in [-0.25, -0.2) is 0 Å². The molecule has 8 heteroatoms. The van der Waals surface area contributed by atoms with Crippen molar-refractivity contribution < 1.29 is 4.79 Å². The molecule has 1 aromatic carbocycles. The van der Waals surface area contributed by atoms with E-state index in [2.05, 4.69) is 110 Å². The van der Waals surface area contributed by atoms with Crippen molar-refractivity contribution in [3.63, 3.8) is 0 Å². The van der Waals surface area contributed by atoms with E-state index in [1.807, 2.05) is 49.4 Å². The third kappa shape index (κ3) is 12.1. The number of carbonyl (C=O) groups is 1. The van der Waals surface area contributed by atoms with Gasteiger partial charge in [0.1, 0.15) is 0 Å². The largest absolute Gasteiger partial charge is 0.380 e. The topological polar surface area (TPSA) is 71.7 Å². The quantitative estimate of drug-likeness (QED) is 0.0954. The number of amides is 1. The molecule has 1 aliphatic rings. The van der Waals surface area contributed by atoms with Gasteiger partial charge in [0.2, 0.25) is 5.91 Å². The Bertz CT molecular complexity index is 1540. The Morgan fingerprint density at radius 3 is 2.60 bits per heavy atom. The number of carbonyl (C=O) groups excluding carboxylic acids is 1. The minimum Gasteiger partial charge on any atom is -0.380 e.